The lowest BCUT2D eigenvalue weighted by molar-refractivity contribution is -0.152. The van der Waals surface area contributed by atoms with Crippen LogP contribution in [0.1, 0.15) is 44.7 Å². The van der Waals surface area contributed by atoms with E-state index in [4.69, 9.17) is 0 Å². The Balaban J connectivity index is 1.91. The summed E-state index contributed by atoms with van der Waals surface area (Å²) >= 11 is 0. The molecule has 21 heavy (non-hydrogen) atoms. The molecule has 1 aliphatic heterocycles. The summed E-state index contributed by atoms with van der Waals surface area (Å²) in [5.41, 5.74) is 1.01. The standard InChI is InChI=1S/C16H21N3O2/c1-3-13-15(20)18-14(12-4-5-12)16(21)19(13)10(2)11-6-8-17-9-7-11/h6-10,12-14H,3-5H2,1-2H3,(H,18,20). The molecule has 0 aromatic carbocycles. The molecule has 112 valence electrons. The summed E-state index contributed by atoms with van der Waals surface area (Å²) in [6.07, 6.45) is 6.14. The van der Waals surface area contributed by atoms with Crippen molar-refractivity contribution in [1.29, 1.82) is 0 Å². The van der Waals surface area contributed by atoms with Crippen LogP contribution >= 0.6 is 0 Å². The number of aromatic nitrogens is 1. The number of piperazine rings is 1. The minimum Gasteiger partial charge on any atom is -0.342 e. The van der Waals surface area contributed by atoms with Gasteiger partial charge in [-0.1, -0.05) is 6.92 Å². The molecule has 1 saturated carbocycles. The zero-order valence-electron chi connectivity index (χ0n) is 12.5. The number of pyridine rings is 1. The Morgan fingerprint density at radius 2 is 2.00 bits per heavy atom. The van der Waals surface area contributed by atoms with Crippen molar-refractivity contribution in [3.63, 3.8) is 0 Å². The molecular weight excluding hydrogens is 266 g/mol. The number of nitrogens with one attached hydrogen (secondary N) is 1. The lowest BCUT2D eigenvalue weighted by atomic mass is 9.97. The van der Waals surface area contributed by atoms with E-state index in [2.05, 4.69) is 10.3 Å². The molecule has 5 heteroatoms. The Labute approximate surface area is 124 Å². The lowest BCUT2D eigenvalue weighted by Crippen LogP contribution is -2.64. The van der Waals surface area contributed by atoms with Gasteiger partial charge in [0.1, 0.15) is 12.1 Å². The summed E-state index contributed by atoms with van der Waals surface area (Å²) in [5.74, 6) is 0.370. The maximum atomic E-state index is 12.8. The largest absolute Gasteiger partial charge is 0.342 e. The second kappa shape index (κ2) is 5.47. The highest BCUT2D eigenvalue weighted by molar-refractivity contribution is 5.97. The van der Waals surface area contributed by atoms with Crippen LogP contribution in [-0.2, 0) is 9.59 Å². The summed E-state index contributed by atoms with van der Waals surface area (Å²) < 4.78 is 0. The first-order chi connectivity index (χ1) is 10.1. The average molecular weight is 287 g/mol. The Morgan fingerprint density at radius 1 is 1.33 bits per heavy atom. The summed E-state index contributed by atoms with van der Waals surface area (Å²) in [6.45, 7) is 3.93. The molecule has 2 aliphatic rings. The fourth-order valence-electron chi connectivity index (χ4n) is 3.15. The Kier molecular flexibility index (Phi) is 3.66. The molecule has 2 heterocycles. The fourth-order valence-corrected chi connectivity index (χ4v) is 3.15. The maximum absolute atomic E-state index is 12.8. The predicted octanol–water partition coefficient (Wildman–Crippen LogP) is 1.66. The van der Waals surface area contributed by atoms with Gasteiger partial charge in [0.15, 0.2) is 0 Å². The minimum absolute atomic E-state index is 0.0186. The highest BCUT2D eigenvalue weighted by atomic mass is 16.2. The zero-order valence-corrected chi connectivity index (χ0v) is 12.5. The van der Waals surface area contributed by atoms with Crippen LogP contribution in [0.4, 0.5) is 0 Å². The SMILES string of the molecule is CCC1C(=O)NC(C2CC2)C(=O)N1C(C)c1ccncc1. The molecule has 1 aromatic heterocycles. The second-order valence-corrected chi connectivity index (χ2v) is 5.95. The first kappa shape index (κ1) is 14.0. The number of hydrogen-bond acceptors (Lipinski definition) is 3. The van der Waals surface area contributed by atoms with Crippen molar-refractivity contribution in [2.45, 2.75) is 51.2 Å². The molecule has 2 amide bonds. The van der Waals surface area contributed by atoms with Crippen molar-refractivity contribution in [3.8, 4) is 0 Å². The first-order valence-electron chi connectivity index (χ1n) is 7.66. The van der Waals surface area contributed by atoms with Crippen LogP contribution in [0.3, 0.4) is 0 Å². The molecule has 5 nitrogen and oxygen atoms in total. The van der Waals surface area contributed by atoms with E-state index >= 15 is 0 Å². The van der Waals surface area contributed by atoms with Gasteiger partial charge >= 0.3 is 0 Å². The third-order valence-corrected chi connectivity index (χ3v) is 4.54. The van der Waals surface area contributed by atoms with E-state index in [9.17, 15) is 9.59 Å². The van der Waals surface area contributed by atoms with Crippen LogP contribution in [0.2, 0.25) is 0 Å². The third kappa shape index (κ3) is 2.52. The molecule has 3 unspecified atom stereocenters. The molecule has 1 N–H and O–H groups in total. The number of carbonyl (C=O) groups excluding carboxylic acids is 2. The van der Waals surface area contributed by atoms with Crippen molar-refractivity contribution in [3.05, 3.63) is 30.1 Å². The van der Waals surface area contributed by atoms with Crippen LogP contribution in [0.25, 0.3) is 0 Å². The van der Waals surface area contributed by atoms with Gasteiger partial charge in [-0.15, -0.1) is 0 Å². The Morgan fingerprint density at radius 3 is 2.57 bits per heavy atom. The summed E-state index contributed by atoms with van der Waals surface area (Å²) in [6, 6.07) is 2.99. The summed E-state index contributed by atoms with van der Waals surface area (Å²) in [5, 5.41) is 2.92. The third-order valence-electron chi connectivity index (χ3n) is 4.54. The van der Waals surface area contributed by atoms with Gasteiger partial charge in [0, 0.05) is 12.4 Å². The molecule has 1 aromatic rings. The van der Waals surface area contributed by atoms with E-state index in [0.717, 1.165) is 18.4 Å². The number of rotatable bonds is 4. The lowest BCUT2D eigenvalue weighted by Gasteiger charge is -2.42. The summed E-state index contributed by atoms with van der Waals surface area (Å²) in [4.78, 5) is 31.0. The molecule has 1 saturated heterocycles. The van der Waals surface area contributed by atoms with Gasteiger partial charge in [-0.05, 0) is 49.8 Å². The van der Waals surface area contributed by atoms with Crippen LogP contribution < -0.4 is 5.32 Å². The van der Waals surface area contributed by atoms with Crippen molar-refractivity contribution in [2.75, 3.05) is 0 Å². The van der Waals surface area contributed by atoms with Gasteiger partial charge in [-0.25, -0.2) is 0 Å². The van der Waals surface area contributed by atoms with Crippen molar-refractivity contribution < 1.29 is 9.59 Å². The predicted molar refractivity (Wildman–Crippen MR) is 78.2 cm³/mol. The van der Waals surface area contributed by atoms with E-state index in [-0.39, 0.29) is 29.9 Å². The fraction of sp³-hybridized carbons (Fsp3) is 0.562. The highest BCUT2D eigenvalue weighted by Crippen LogP contribution is 2.37. The highest BCUT2D eigenvalue weighted by Gasteiger charge is 2.47. The van der Waals surface area contributed by atoms with E-state index in [0.29, 0.717) is 12.3 Å². The van der Waals surface area contributed by atoms with Crippen LogP contribution in [-0.4, -0.2) is 33.8 Å². The smallest absolute Gasteiger partial charge is 0.246 e. The zero-order chi connectivity index (χ0) is 15.0. The maximum Gasteiger partial charge on any atom is 0.246 e. The number of nitrogens with zero attached hydrogens (tertiary/aromatic N) is 2. The molecule has 0 spiro atoms. The number of carbonyl (C=O) groups is 2. The monoisotopic (exact) mass is 287 g/mol. The number of amides is 2. The number of hydrogen-bond donors (Lipinski definition) is 1. The Bertz CT molecular complexity index is 542. The van der Waals surface area contributed by atoms with Crippen LogP contribution in [0.5, 0.6) is 0 Å². The van der Waals surface area contributed by atoms with Gasteiger partial charge in [0.25, 0.3) is 0 Å². The summed E-state index contributed by atoms with van der Waals surface area (Å²) in [7, 11) is 0. The van der Waals surface area contributed by atoms with Crippen LogP contribution in [0, 0.1) is 5.92 Å². The molecule has 3 atom stereocenters. The van der Waals surface area contributed by atoms with E-state index < -0.39 is 0 Å². The minimum atomic E-state index is -0.379. The Hall–Kier alpha value is -1.91. The van der Waals surface area contributed by atoms with E-state index in [1.54, 1.807) is 17.3 Å². The molecular formula is C16H21N3O2. The normalized spacial score (nSPS) is 27.4. The van der Waals surface area contributed by atoms with Gasteiger partial charge in [-0.2, -0.15) is 0 Å². The van der Waals surface area contributed by atoms with Gasteiger partial charge < -0.3 is 10.2 Å². The second-order valence-electron chi connectivity index (χ2n) is 5.95. The van der Waals surface area contributed by atoms with Gasteiger partial charge in [-0.3, -0.25) is 14.6 Å². The van der Waals surface area contributed by atoms with Crippen LogP contribution in [0.15, 0.2) is 24.5 Å². The molecule has 3 rings (SSSR count). The van der Waals surface area contributed by atoms with E-state index in [1.165, 1.54) is 0 Å². The van der Waals surface area contributed by atoms with Gasteiger partial charge in [0.05, 0.1) is 6.04 Å². The van der Waals surface area contributed by atoms with Crippen molar-refractivity contribution in [2.24, 2.45) is 5.92 Å². The molecule has 0 radical (unpaired) electrons. The van der Waals surface area contributed by atoms with Gasteiger partial charge in [0.2, 0.25) is 11.8 Å². The molecule has 1 aliphatic carbocycles. The van der Waals surface area contributed by atoms with E-state index in [1.807, 2.05) is 26.0 Å². The van der Waals surface area contributed by atoms with Crippen molar-refractivity contribution in [1.82, 2.24) is 15.2 Å². The molecule has 0 bridgehead atoms. The quantitative estimate of drug-likeness (QED) is 0.916. The average Bonchev–Trinajstić information content (AvgIpc) is 3.33. The topological polar surface area (TPSA) is 62.3 Å². The first-order valence-corrected chi connectivity index (χ1v) is 7.66. The van der Waals surface area contributed by atoms with Crippen molar-refractivity contribution >= 4 is 11.8 Å². The molecule has 2 fully saturated rings.